The van der Waals surface area contributed by atoms with Crippen LogP contribution in [0.1, 0.15) is 13.8 Å². The maximum atomic E-state index is 11.6. The van der Waals surface area contributed by atoms with Gasteiger partial charge in [0.1, 0.15) is 0 Å². The highest BCUT2D eigenvalue weighted by Crippen LogP contribution is 2.27. The van der Waals surface area contributed by atoms with Crippen LogP contribution in [-0.2, 0) is 4.79 Å². The molecule has 0 saturated carbocycles. The summed E-state index contributed by atoms with van der Waals surface area (Å²) < 4.78 is 0. The van der Waals surface area contributed by atoms with E-state index in [0.717, 1.165) is 17.1 Å². The molecule has 0 aliphatic carbocycles. The maximum absolute atomic E-state index is 11.6. The lowest BCUT2D eigenvalue weighted by Crippen LogP contribution is -2.17. The van der Waals surface area contributed by atoms with Crippen molar-refractivity contribution in [3.05, 3.63) is 52.5 Å². The van der Waals surface area contributed by atoms with Gasteiger partial charge in [-0.3, -0.25) is 4.79 Å². The van der Waals surface area contributed by atoms with Crippen LogP contribution in [0, 0.1) is 5.92 Å². The Balaban J connectivity index is 2.05. The second kappa shape index (κ2) is 6.83. The highest BCUT2D eigenvalue weighted by atomic mass is 35.5. The third kappa shape index (κ3) is 4.38. The SMILES string of the molecule is CC(C)C(=O)Nc1ccc(Nc2ccc(Cl)c(Cl)c2)cc1. The summed E-state index contributed by atoms with van der Waals surface area (Å²) in [5.74, 6) is -0.0424. The number of halogens is 2. The minimum absolute atomic E-state index is 0.000178. The zero-order valence-corrected chi connectivity index (χ0v) is 13.3. The fourth-order valence-electron chi connectivity index (χ4n) is 1.66. The van der Waals surface area contributed by atoms with Crippen LogP contribution in [-0.4, -0.2) is 5.91 Å². The zero-order chi connectivity index (χ0) is 15.4. The Morgan fingerprint density at radius 2 is 1.48 bits per heavy atom. The van der Waals surface area contributed by atoms with Crippen molar-refractivity contribution in [1.29, 1.82) is 0 Å². The van der Waals surface area contributed by atoms with Gasteiger partial charge in [0, 0.05) is 23.0 Å². The molecule has 2 rings (SSSR count). The van der Waals surface area contributed by atoms with Crippen molar-refractivity contribution < 1.29 is 4.79 Å². The summed E-state index contributed by atoms with van der Waals surface area (Å²) in [6.45, 7) is 3.71. The maximum Gasteiger partial charge on any atom is 0.226 e. The smallest absolute Gasteiger partial charge is 0.226 e. The molecule has 2 aromatic rings. The molecule has 0 fully saturated rings. The Kier molecular flexibility index (Phi) is 5.10. The number of hydrogen-bond donors (Lipinski definition) is 2. The number of benzene rings is 2. The molecule has 110 valence electrons. The first-order valence-corrected chi connectivity index (χ1v) is 7.34. The van der Waals surface area contributed by atoms with Crippen molar-refractivity contribution in [2.45, 2.75) is 13.8 Å². The molecule has 2 N–H and O–H groups in total. The van der Waals surface area contributed by atoms with Crippen LogP contribution >= 0.6 is 23.2 Å². The minimum atomic E-state index is -0.0426. The first-order chi connectivity index (χ1) is 9.95. The van der Waals surface area contributed by atoms with Gasteiger partial charge in [0.25, 0.3) is 0 Å². The van der Waals surface area contributed by atoms with Crippen molar-refractivity contribution in [2.75, 3.05) is 10.6 Å². The first kappa shape index (κ1) is 15.7. The Bertz CT molecular complexity index is 639. The van der Waals surface area contributed by atoms with Crippen molar-refractivity contribution in [1.82, 2.24) is 0 Å². The van der Waals surface area contributed by atoms with Gasteiger partial charge in [-0.2, -0.15) is 0 Å². The van der Waals surface area contributed by atoms with Gasteiger partial charge in [0.2, 0.25) is 5.91 Å². The number of rotatable bonds is 4. The summed E-state index contributed by atoms with van der Waals surface area (Å²) in [5, 5.41) is 7.09. The molecule has 0 unspecified atom stereocenters. The van der Waals surface area contributed by atoms with Crippen LogP contribution in [0.15, 0.2) is 42.5 Å². The van der Waals surface area contributed by atoms with Crippen molar-refractivity contribution in [3.8, 4) is 0 Å². The lowest BCUT2D eigenvalue weighted by molar-refractivity contribution is -0.118. The van der Waals surface area contributed by atoms with Crippen LogP contribution in [0.2, 0.25) is 10.0 Å². The topological polar surface area (TPSA) is 41.1 Å². The predicted molar refractivity (Wildman–Crippen MR) is 89.7 cm³/mol. The summed E-state index contributed by atoms with van der Waals surface area (Å²) in [5.41, 5.74) is 2.52. The number of anilines is 3. The molecular formula is C16H16Cl2N2O. The van der Waals surface area contributed by atoms with Crippen molar-refractivity contribution >= 4 is 46.2 Å². The summed E-state index contributed by atoms with van der Waals surface area (Å²) in [4.78, 5) is 11.6. The molecule has 21 heavy (non-hydrogen) atoms. The quantitative estimate of drug-likeness (QED) is 0.798. The van der Waals surface area contributed by atoms with E-state index in [9.17, 15) is 4.79 Å². The average molecular weight is 323 g/mol. The van der Waals surface area contributed by atoms with Crippen LogP contribution in [0.25, 0.3) is 0 Å². The van der Waals surface area contributed by atoms with E-state index in [0.29, 0.717) is 10.0 Å². The largest absolute Gasteiger partial charge is 0.355 e. The number of carbonyl (C=O) groups is 1. The molecule has 5 heteroatoms. The van der Waals surface area contributed by atoms with E-state index in [1.807, 2.05) is 44.2 Å². The van der Waals surface area contributed by atoms with Gasteiger partial charge in [-0.1, -0.05) is 37.0 Å². The predicted octanol–water partition coefficient (Wildman–Crippen LogP) is 5.33. The van der Waals surface area contributed by atoms with Crippen LogP contribution in [0.5, 0.6) is 0 Å². The number of nitrogens with one attached hydrogen (secondary N) is 2. The Hall–Kier alpha value is -1.71. The lowest BCUT2D eigenvalue weighted by Gasteiger charge is -2.10. The summed E-state index contributed by atoms with van der Waals surface area (Å²) >= 11 is 11.9. The Morgan fingerprint density at radius 1 is 0.905 bits per heavy atom. The van der Waals surface area contributed by atoms with Gasteiger partial charge in [-0.05, 0) is 42.5 Å². The Labute approximate surface area is 134 Å². The van der Waals surface area contributed by atoms with Crippen LogP contribution in [0.3, 0.4) is 0 Å². The number of carbonyl (C=O) groups excluding carboxylic acids is 1. The number of amides is 1. The molecule has 0 spiro atoms. The van der Waals surface area contributed by atoms with Crippen LogP contribution in [0.4, 0.5) is 17.1 Å². The van der Waals surface area contributed by atoms with Crippen LogP contribution < -0.4 is 10.6 Å². The number of hydrogen-bond acceptors (Lipinski definition) is 2. The third-order valence-electron chi connectivity index (χ3n) is 2.89. The Morgan fingerprint density at radius 3 is 2.05 bits per heavy atom. The molecule has 0 saturated heterocycles. The summed E-state index contributed by atoms with van der Waals surface area (Å²) in [7, 11) is 0. The lowest BCUT2D eigenvalue weighted by atomic mass is 10.2. The highest BCUT2D eigenvalue weighted by molar-refractivity contribution is 6.42. The van der Waals surface area contributed by atoms with E-state index >= 15 is 0 Å². The van der Waals surface area contributed by atoms with Gasteiger partial charge in [0.05, 0.1) is 10.0 Å². The average Bonchev–Trinajstić information content (AvgIpc) is 2.45. The van der Waals surface area contributed by atoms with E-state index < -0.39 is 0 Å². The van der Waals surface area contributed by atoms with E-state index in [-0.39, 0.29) is 11.8 Å². The van der Waals surface area contributed by atoms with E-state index in [4.69, 9.17) is 23.2 Å². The van der Waals surface area contributed by atoms with Gasteiger partial charge in [-0.15, -0.1) is 0 Å². The van der Waals surface area contributed by atoms with E-state index in [1.165, 1.54) is 0 Å². The monoisotopic (exact) mass is 322 g/mol. The molecule has 2 aromatic carbocycles. The molecule has 0 heterocycles. The molecule has 0 atom stereocenters. The molecular weight excluding hydrogens is 307 g/mol. The van der Waals surface area contributed by atoms with Gasteiger partial charge in [-0.25, -0.2) is 0 Å². The first-order valence-electron chi connectivity index (χ1n) is 6.58. The fourth-order valence-corrected chi connectivity index (χ4v) is 1.96. The van der Waals surface area contributed by atoms with Gasteiger partial charge in [0.15, 0.2) is 0 Å². The summed E-state index contributed by atoms with van der Waals surface area (Å²) in [6, 6.07) is 12.8. The fraction of sp³-hybridized carbons (Fsp3) is 0.188. The normalized spacial score (nSPS) is 10.5. The summed E-state index contributed by atoms with van der Waals surface area (Å²) in [6.07, 6.45) is 0. The zero-order valence-electron chi connectivity index (χ0n) is 11.8. The standard InChI is InChI=1S/C16H16Cl2N2O/c1-10(2)16(21)20-12-5-3-11(4-6-12)19-13-7-8-14(17)15(18)9-13/h3-10,19H,1-2H3,(H,20,21). The molecule has 3 nitrogen and oxygen atoms in total. The molecule has 0 radical (unpaired) electrons. The van der Waals surface area contributed by atoms with E-state index in [1.54, 1.807) is 12.1 Å². The second-order valence-corrected chi connectivity index (χ2v) is 5.79. The molecule has 0 aliphatic rings. The van der Waals surface area contributed by atoms with Crippen molar-refractivity contribution in [3.63, 3.8) is 0 Å². The molecule has 0 aliphatic heterocycles. The molecule has 0 bridgehead atoms. The van der Waals surface area contributed by atoms with Gasteiger partial charge >= 0.3 is 0 Å². The second-order valence-electron chi connectivity index (χ2n) is 4.98. The highest BCUT2D eigenvalue weighted by Gasteiger charge is 2.06. The van der Waals surface area contributed by atoms with Crippen molar-refractivity contribution in [2.24, 2.45) is 5.92 Å². The van der Waals surface area contributed by atoms with E-state index in [2.05, 4.69) is 10.6 Å². The third-order valence-corrected chi connectivity index (χ3v) is 3.62. The minimum Gasteiger partial charge on any atom is -0.355 e. The molecule has 0 aromatic heterocycles. The van der Waals surface area contributed by atoms with Gasteiger partial charge < -0.3 is 10.6 Å². The molecule has 1 amide bonds.